The van der Waals surface area contributed by atoms with E-state index in [0.717, 1.165) is 6.07 Å². The molecule has 23 heavy (non-hydrogen) atoms. The van der Waals surface area contributed by atoms with E-state index in [2.05, 4.69) is 15.5 Å². The number of nitrogens with zero attached hydrogens (tertiary/aromatic N) is 2. The highest BCUT2D eigenvalue weighted by molar-refractivity contribution is 6.36. The molecule has 0 bridgehead atoms. The fourth-order valence-corrected chi connectivity index (χ4v) is 2.33. The molecule has 5 nitrogen and oxygen atoms in total. The number of nitrogens with one attached hydrogen (secondary N) is 1. The second kappa shape index (κ2) is 6.36. The Morgan fingerprint density at radius 2 is 1.96 bits per heavy atom. The van der Waals surface area contributed by atoms with Crippen molar-refractivity contribution in [3.8, 4) is 11.5 Å². The van der Waals surface area contributed by atoms with Gasteiger partial charge in [-0.1, -0.05) is 34.4 Å². The molecule has 1 heterocycles. The number of rotatable bonds is 3. The Bertz CT molecular complexity index is 883. The molecule has 8 heteroatoms. The molecule has 1 aromatic heterocycles. The van der Waals surface area contributed by atoms with Crippen molar-refractivity contribution in [3.63, 3.8) is 0 Å². The van der Waals surface area contributed by atoms with Crippen molar-refractivity contribution in [2.75, 3.05) is 5.32 Å². The minimum Gasteiger partial charge on any atom is -0.403 e. The summed E-state index contributed by atoms with van der Waals surface area (Å²) in [6.45, 7) is 0. The fourth-order valence-electron chi connectivity index (χ4n) is 1.84. The molecule has 1 N–H and O–H groups in total. The molecule has 116 valence electrons. The second-order valence-electron chi connectivity index (χ2n) is 4.50. The number of anilines is 1. The molecule has 0 aliphatic carbocycles. The summed E-state index contributed by atoms with van der Waals surface area (Å²) in [7, 11) is 0. The lowest BCUT2D eigenvalue weighted by Gasteiger charge is -2.01. The molecule has 0 radical (unpaired) electrons. The first-order chi connectivity index (χ1) is 11.0. The van der Waals surface area contributed by atoms with Gasteiger partial charge in [-0.3, -0.25) is 10.1 Å². The maximum absolute atomic E-state index is 13.1. The van der Waals surface area contributed by atoms with Crippen LogP contribution in [0.15, 0.2) is 46.9 Å². The topological polar surface area (TPSA) is 68.0 Å². The number of hydrogen-bond acceptors (Lipinski definition) is 4. The predicted octanol–water partition coefficient (Wildman–Crippen LogP) is 4.43. The van der Waals surface area contributed by atoms with Gasteiger partial charge in [-0.05, 0) is 36.4 Å². The van der Waals surface area contributed by atoms with Gasteiger partial charge in [0.1, 0.15) is 5.82 Å². The zero-order valence-electron chi connectivity index (χ0n) is 11.4. The largest absolute Gasteiger partial charge is 0.403 e. The molecule has 2 aromatic carbocycles. The number of hydrogen-bond donors (Lipinski definition) is 1. The molecular formula is C15H8Cl2FN3O2. The normalized spacial score (nSPS) is 10.6. The quantitative estimate of drug-likeness (QED) is 0.757. The molecule has 0 aliphatic rings. The summed E-state index contributed by atoms with van der Waals surface area (Å²) in [5.74, 6) is -0.958. The van der Waals surface area contributed by atoms with Crippen molar-refractivity contribution < 1.29 is 13.6 Å². The molecule has 0 aliphatic heterocycles. The molecule has 0 unspecified atom stereocenters. The summed E-state index contributed by atoms with van der Waals surface area (Å²) in [6.07, 6.45) is 0. The Morgan fingerprint density at radius 3 is 2.70 bits per heavy atom. The number of halogens is 3. The van der Waals surface area contributed by atoms with Crippen molar-refractivity contribution in [1.29, 1.82) is 0 Å². The van der Waals surface area contributed by atoms with Gasteiger partial charge < -0.3 is 4.42 Å². The van der Waals surface area contributed by atoms with E-state index in [1.165, 1.54) is 24.3 Å². The van der Waals surface area contributed by atoms with Crippen LogP contribution in [0, 0.1) is 5.82 Å². The van der Waals surface area contributed by atoms with Crippen molar-refractivity contribution >= 4 is 35.1 Å². The smallest absolute Gasteiger partial charge is 0.322 e. The number of benzene rings is 2. The number of amides is 1. The van der Waals surface area contributed by atoms with Gasteiger partial charge in [0.2, 0.25) is 0 Å². The zero-order chi connectivity index (χ0) is 16.4. The number of carbonyl (C=O) groups excluding carboxylic acids is 1. The highest BCUT2D eigenvalue weighted by Gasteiger charge is 2.15. The lowest BCUT2D eigenvalue weighted by atomic mass is 10.2. The first-order valence-electron chi connectivity index (χ1n) is 6.39. The standard InChI is InChI=1S/C15H8Cl2FN3O2/c16-9-4-5-11(12(17)7-9)14-20-21-15(23-14)19-13(22)8-2-1-3-10(18)6-8/h1-7H,(H,19,21,22). The van der Waals surface area contributed by atoms with Gasteiger partial charge in [0.15, 0.2) is 0 Å². The zero-order valence-corrected chi connectivity index (χ0v) is 12.9. The van der Waals surface area contributed by atoms with Crippen LogP contribution in [-0.4, -0.2) is 16.1 Å². The number of carbonyl (C=O) groups is 1. The monoisotopic (exact) mass is 351 g/mol. The molecule has 1 amide bonds. The van der Waals surface area contributed by atoms with Gasteiger partial charge in [-0.25, -0.2) is 4.39 Å². The van der Waals surface area contributed by atoms with Gasteiger partial charge in [0.05, 0.1) is 10.6 Å². The van der Waals surface area contributed by atoms with Crippen molar-refractivity contribution in [1.82, 2.24) is 10.2 Å². The van der Waals surface area contributed by atoms with Crippen molar-refractivity contribution in [3.05, 3.63) is 63.9 Å². The van der Waals surface area contributed by atoms with E-state index in [0.29, 0.717) is 15.6 Å². The summed E-state index contributed by atoms with van der Waals surface area (Å²) in [4.78, 5) is 12.0. The van der Waals surface area contributed by atoms with Gasteiger partial charge in [0, 0.05) is 10.6 Å². The third-order valence-electron chi connectivity index (χ3n) is 2.89. The Balaban J connectivity index is 1.81. The van der Waals surface area contributed by atoms with E-state index < -0.39 is 11.7 Å². The van der Waals surface area contributed by atoms with Crippen LogP contribution in [0.3, 0.4) is 0 Å². The Morgan fingerprint density at radius 1 is 1.13 bits per heavy atom. The van der Waals surface area contributed by atoms with Crippen LogP contribution < -0.4 is 5.32 Å². The average molecular weight is 352 g/mol. The van der Waals surface area contributed by atoms with Gasteiger partial charge >= 0.3 is 6.01 Å². The minimum absolute atomic E-state index is 0.125. The van der Waals surface area contributed by atoms with Gasteiger partial charge in [-0.15, -0.1) is 5.10 Å². The lowest BCUT2D eigenvalue weighted by molar-refractivity contribution is 0.102. The first kappa shape index (κ1) is 15.5. The Hall–Kier alpha value is -2.44. The van der Waals surface area contributed by atoms with Gasteiger partial charge in [-0.2, -0.15) is 0 Å². The SMILES string of the molecule is O=C(Nc1nnc(-c2ccc(Cl)cc2Cl)o1)c1cccc(F)c1. The summed E-state index contributed by atoms with van der Waals surface area (Å²) < 4.78 is 18.4. The highest BCUT2D eigenvalue weighted by Crippen LogP contribution is 2.30. The molecule has 0 saturated heterocycles. The predicted molar refractivity (Wildman–Crippen MR) is 84.1 cm³/mol. The molecule has 0 saturated carbocycles. The average Bonchev–Trinajstić information content (AvgIpc) is 2.95. The van der Waals surface area contributed by atoms with Crippen LogP contribution in [-0.2, 0) is 0 Å². The molecule has 3 rings (SSSR count). The van der Waals surface area contributed by atoms with E-state index in [-0.39, 0.29) is 17.5 Å². The molecular weight excluding hydrogens is 344 g/mol. The van der Waals surface area contributed by atoms with Gasteiger partial charge in [0.25, 0.3) is 11.8 Å². The fraction of sp³-hybridized carbons (Fsp3) is 0. The Kier molecular flexibility index (Phi) is 4.27. The van der Waals surface area contributed by atoms with Crippen LogP contribution in [0.5, 0.6) is 0 Å². The van der Waals surface area contributed by atoms with Crippen LogP contribution in [0.25, 0.3) is 11.5 Å². The first-order valence-corrected chi connectivity index (χ1v) is 7.14. The highest BCUT2D eigenvalue weighted by atomic mass is 35.5. The van der Waals surface area contributed by atoms with E-state index in [1.54, 1.807) is 12.1 Å². The van der Waals surface area contributed by atoms with Crippen LogP contribution in [0.1, 0.15) is 10.4 Å². The summed E-state index contributed by atoms with van der Waals surface area (Å²) in [5, 5.41) is 10.7. The lowest BCUT2D eigenvalue weighted by Crippen LogP contribution is -2.12. The summed E-state index contributed by atoms with van der Waals surface area (Å²) in [6, 6.07) is 9.89. The third-order valence-corrected chi connectivity index (χ3v) is 3.44. The van der Waals surface area contributed by atoms with Crippen molar-refractivity contribution in [2.24, 2.45) is 0 Å². The van der Waals surface area contributed by atoms with E-state index >= 15 is 0 Å². The van der Waals surface area contributed by atoms with Crippen LogP contribution in [0.2, 0.25) is 10.0 Å². The van der Waals surface area contributed by atoms with E-state index in [9.17, 15) is 9.18 Å². The van der Waals surface area contributed by atoms with Crippen LogP contribution in [0.4, 0.5) is 10.4 Å². The molecule has 3 aromatic rings. The minimum atomic E-state index is -0.568. The molecule has 0 atom stereocenters. The molecule has 0 spiro atoms. The summed E-state index contributed by atoms with van der Waals surface area (Å²) in [5.41, 5.74) is 0.615. The second-order valence-corrected chi connectivity index (χ2v) is 5.34. The van der Waals surface area contributed by atoms with Crippen LogP contribution >= 0.6 is 23.2 Å². The van der Waals surface area contributed by atoms with Crippen molar-refractivity contribution in [2.45, 2.75) is 0 Å². The summed E-state index contributed by atoms with van der Waals surface area (Å²) >= 11 is 11.9. The van der Waals surface area contributed by atoms with E-state index in [1.807, 2.05) is 0 Å². The Labute approximate surface area is 140 Å². The maximum Gasteiger partial charge on any atom is 0.322 e. The number of aromatic nitrogens is 2. The maximum atomic E-state index is 13.1. The third kappa shape index (κ3) is 3.49. The van der Waals surface area contributed by atoms with E-state index in [4.69, 9.17) is 27.6 Å². The molecule has 0 fully saturated rings.